The summed E-state index contributed by atoms with van der Waals surface area (Å²) in [5, 5.41) is 21.5. The van der Waals surface area contributed by atoms with Gasteiger partial charge in [0.15, 0.2) is 0 Å². The van der Waals surface area contributed by atoms with Gasteiger partial charge in [-0.3, -0.25) is 0 Å². The number of hydrogen-bond donors (Lipinski definition) is 2. The minimum Gasteiger partial charge on any atom is -0.490 e. The number of aliphatic hydroxyl groups is 1. The minimum absolute atomic E-state index is 0.0122. The Hall–Kier alpha value is -1.66. The molecule has 0 aliphatic carbocycles. The number of benzene rings is 1. The van der Waals surface area contributed by atoms with Gasteiger partial charge in [-0.2, -0.15) is 0 Å². The lowest BCUT2D eigenvalue weighted by Crippen LogP contribution is -2.25. The van der Waals surface area contributed by atoms with Gasteiger partial charge < -0.3 is 19.8 Å². The normalized spacial score (nSPS) is 13.6. The zero-order chi connectivity index (χ0) is 15.1. The maximum Gasteiger partial charge on any atom is 0.131 e. The van der Waals surface area contributed by atoms with Crippen LogP contribution in [0.3, 0.4) is 0 Å². The van der Waals surface area contributed by atoms with E-state index < -0.39 is 11.9 Å². The monoisotopic (exact) mass is 285 g/mol. The molecule has 1 rings (SSSR count). The zero-order valence-corrected chi connectivity index (χ0v) is 11.8. The Kier molecular flexibility index (Phi) is 6.41. The average molecular weight is 285 g/mol. The Balaban J connectivity index is 2.69. The Morgan fingerprint density at radius 2 is 2.05 bits per heavy atom. The van der Waals surface area contributed by atoms with Crippen molar-refractivity contribution in [2.24, 2.45) is 5.16 Å². The van der Waals surface area contributed by atoms with Crippen LogP contribution in [0.5, 0.6) is 5.75 Å². The smallest absolute Gasteiger partial charge is 0.131 e. The first-order valence-corrected chi connectivity index (χ1v) is 6.35. The van der Waals surface area contributed by atoms with Crippen LogP contribution in [-0.2, 0) is 4.74 Å². The Morgan fingerprint density at radius 1 is 1.35 bits per heavy atom. The molecule has 0 spiro atoms. The van der Waals surface area contributed by atoms with Crippen molar-refractivity contribution in [1.82, 2.24) is 0 Å². The van der Waals surface area contributed by atoms with Gasteiger partial charge in [0, 0.05) is 11.6 Å². The molecule has 1 atom stereocenters. The van der Waals surface area contributed by atoms with Crippen LogP contribution in [0.4, 0.5) is 4.39 Å². The highest BCUT2D eigenvalue weighted by atomic mass is 19.1. The fraction of sp³-hybridized carbons (Fsp3) is 0.500. The van der Waals surface area contributed by atoms with E-state index >= 15 is 0 Å². The highest BCUT2D eigenvalue weighted by Gasteiger charge is 2.12. The van der Waals surface area contributed by atoms with Crippen molar-refractivity contribution in [2.75, 3.05) is 13.2 Å². The fourth-order valence-corrected chi connectivity index (χ4v) is 1.51. The second-order valence-electron chi connectivity index (χ2n) is 4.67. The number of rotatable bonds is 7. The molecular weight excluding hydrogens is 265 g/mol. The van der Waals surface area contributed by atoms with Gasteiger partial charge in [-0.1, -0.05) is 5.16 Å². The first kappa shape index (κ1) is 16.4. The number of hydrogen-bond acceptors (Lipinski definition) is 5. The molecule has 5 nitrogen and oxygen atoms in total. The SMILES string of the molecule is CC(=NO)c1ccc(F)cc1OCC(O)COC(C)C. The summed E-state index contributed by atoms with van der Waals surface area (Å²) in [6, 6.07) is 3.88. The van der Waals surface area contributed by atoms with E-state index in [0.717, 1.165) is 0 Å². The van der Waals surface area contributed by atoms with E-state index in [1.807, 2.05) is 13.8 Å². The van der Waals surface area contributed by atoms with Crippen LogP contribution >= 0.6 is 0 Å². The van der Waals surface area contributed by atoms with Crippen LogP contribution in [0.25, 0.3) is 0 Å². The van der Waals surface area contributed by atoms with E-state index in [1.165, 1.54) is 18.2 Å². The van der Waals surface area contributed by atoms with Crippen molar-refractivity contribution >= 4 is 5.71 Å². The third-order valence-electron chi connectivity index (χ3n) is 2.54. The number of nitrogens with zero attached hydrogens (tertiary/aromatic N) is 1. The molecule has 0 fully saturated rings. The Morgan fingerprint density at radius 3 is 2.65 bits per heavy atom. The lowest BCUT2D eigenvalue weighted by Gasteiger charge is -2.16. The summed E-state index contributed by atoms with van der Waals surface area (Å²) in [4.78, 5) is 0. The lowest BCUT2D eigenvalue weighted by molar-refractivity contribution is -0.0123. The molecule has 0 saturated heterocycles. The molecule has 1 unspecified atom stereocenters. The number of ether oxygens (including phenoxy) is 2. The van der Waals surface area contributed by atoms with Gasteiger partial charge in [0.25, 0.3) is 0 Å². The summed E-state index contributed by atoms with van der Waals surface area (Å²) in [5.74, 6) is -0.258. The van der Waals surface area contributed by atoms with Crippen molar-refractivity contribution in [2.45, 2.75) is 33.0 Å². The van der Waals surface area contributed by atoms with Crippen LogP contribution in [0.1, 0.15) is 26.3 Å². The predicted molar refractivity (Wildman–Crippen MR) is 73.0 cm³/mol. The Bertz CT molecular complexity index is 462. The van der Waals surface area contributed by atoms with Crippen molar-refractivity contribution in [3.63, 3.8) is 0 Å². The molecule has 0 aliphatic rings. The molecule has 1 aromatic rings. The van der Waals surface area contributed by atoms with E-state index in [1.54, 1.807) is 6.92 Å². The second-order valence-corrected chi connectivity index (χ2v) is 4.67. The third-order valence-corrected chi connectivity index (χ3v) is 2.54. The molecule has 6 heteroatoms. The molecule has 1 aromatic carbocycles. The second kappa shape index (κ2) is 7.81. The highest BCUT2D eigenvalue weighted by molar-refractivity contribution is 6.00. The summed E-state index contributed by atoms with van der Waals surface area (Å²) >= 11 is 0. The number of aliphatic hydroxyl groups excluding tert-OH is 1. The van der Waals surface area contributed by atoms with Crippen LogP contribution in [-0.4, -0.2) is 41.4 Å². The first-order chi connectivity index (χ1) is 9.43. The van der Waals surface area contributed by atoms with Crippen molar-refractivity contribution in [3.05, 3.63) is 29.6 Å². The van der Waals surface area contributed by atoms with Crippen molar-refractivity contribution < 1.29 is 24.2 Å². The van der Waals surface area contributed by atoms with Crippen LogP contribution in [0, 0.1) is 5.82 Å². The van der Waals surface area contributed by atoms with Gasteiger partial charge in [-0.15, -0.1) is 0 Å². The Labute approximate surface area is 117 Å². The average Bonchev–Trinajstić information content (AvgIpc) is 2.42. The summed E-state index contributed by atoms with van der Waals surface area (Å²) in [6.45, 7) is 5.38. The summed E-state index contributed by atoms with van der Waals surface area (Å²) in [5.41, 5.74) is 0.763. The van der Waals surface area contributed by atoms with Gasteiger partial charge in [0.05, 0.1) is 18.4 Å². The molecule has 0 amide bonds. The molecule has 20 heavy (non-hydrogen) atoms. The minimum atomic E-state index is -0.820. The number of oxime groups is 1. The quantitative estimate of drug-likeness (QED) is 0.457. The van der Waals surface area contributed by atoms with Gasteiger partial charge in [-0.05, 0) is 32.9 Å². The molecule has 112 valence electrons. The molecule has 0 radical (unpaired) electrons. The topological polar surface area (TPSA) is 71.3 Å². The summed E-state index contributed by atoms with van der Waals surface area (Å²) < 4.78 is 23.8. The van der Waals surface area contributed by atoms with Crippen molar-refractivity contribution in [1.29, 1.82) is 0 Å². The number of halogens is 1. The maximum atomic E-state index is 13.2. The molecule has 2 N–H and O–H groups in total. The lowest BCUT2D eigenvalue weighted by atomic mass is 10.1. The van der Waals surface area contributed by atoms with Gasteiger partial charge >= 0.3 is 0 Å². The zero-order valence-electron chi connectivity index (χ0n) is 11.8. The fourth-order valence-electron chi connectivity index (χ4n) is 1.51. The van der Waals surface area contributed by atoms with Crippen LogP contribution in [0.2, 0.25) is 0 Å². The van der Waals surface area contributed by atoms with Crippen molar-refractivity contribution in [3.8, 4) is 5.75 Å². The highest BCUT2D eigenvalue weighted by Crippen LogP contribution is 2.21. The molecule has 0 heterocycles. The first-order valence-electron chi connectivity index (χ1n) is 6.35. The maximum absolute atomic E-state index is 13.2. The van der Waals surface area contributed by atoms with E-state index in [-0.39, 0.29) is 25.1 Å². The predicted octanol–water partition coefficient (Wildman–Crippen LogP) is 2.19. The molecule has 0 aliphatic heterocycles. The van der Waals surface area contributed by atoms with Gasteiger partial charge in [0.1, 0.15) is 24.3 Å². The van der Waals surface area contributed by atoms with Crippen LogP contribution in [0.15, 0.2) is 23.4 Å². The standard InChI is InChI=1S/C14H20FNO4/c1-9(2)19-7-12(17)8-20-14-6-11(15)4-5-13(14)10(3)16-18/h4-6,9,12,17-18H,7-8H2,1-3H3. The summed E-state index contributed by atoms with van der Waals surface area (Å²) in [7, 11) is 0. The van der Waals surface area contributed by atoms with E-state index in [2.05, 4.69) is 5.16 Å². The largest absolute Gasteiger partial charge is 0.490 e. The summed E-state index contributed by atoms with van der Waals surface area (Å²) in [6.07, 6.45) is -0.807. The van der Waals surface area contributed by atoms with E-state index in [0.29, 0.717) is 11.3 Å². The van der Waals surface area contributed by atoms with Crippen LogP contribution < -0.4 is 4.74 Å². The molecule has 0 bridgehead atoms. The van der Waals surface area contributed by atoms with E-state index in [4.69, 9.17) is 14.7 Å². The molecular formula is C14H20FNO4. The van der Waals surface area contributed by atoms with E-state index in [9.17, 15) is 9.50 Å². The molecule has 0 aromatic heterocycles. The van der Waals surface area contributed by atoms with Gasteiger partial charge in [0.2, 0.25) is 0 Å². The van der Waals surface area contributed by atoms with Gasteiger partial charge in [-0.25, -0.2) is 4.39 Å². The molecule has 0 saturated carbocycles. The third kappa shape index (κ3) is 5.14.